The lowest BCUT2D eigenvalue weighted by Crippen LogP contribution is -2.15. The molecule has 3 rings (SSSR count). The van der Waals surface area contributed by atoms with Gasteiger partial charge in [-0.2, -0.15) is 4.80 Å². The van der Waals surface area contributed by atoms with Crippen molar-refractivity contribution >= 4 is 10.9 Å². The minimum Gasteiger partial charge on any atom is -0.324 e. The number of aromatic nitrogens is 5. The standard InChI is InChI=1S/C13H14N6/c1-19-17-13(16-18-19)8-11(14)9-6-7-15-12-5-3-2-4-10(9)12/h2-7,11H,8,14H2,1H3. The third-order valence-electron chi connectivity index (χ3n) is 3.03. The number of nitrogens with zero attached hydrogens (tertiary/aromatic N) is 5. The quantitative estimate of drug-likeness (QED) is 0.754. The summed E-state index contributed by atoms with van der Waals surface area (Å²) in [6.45, 7) is 0. The molecule has 0 aliphatic carbocycles. The zero-order valence-corrected chi connectivity index (χ0v) is 10.6. The highest BCUT2D eigenvalue weighted by molar-refractivity contribution is 5.82. The molecule has 3 aromatic rings. The molecule has 2 aromatic heterocycles. The summed E-state index contributed by atoms with van der Waals surface area (Å²) < 4.78 is 0. The molecule has 0 spiro atoms. The Morgan fingerprint density at radius 3 is 2.89 bits per heavy atom. The molecule has 6 nitrogen and oxygen atoms in total. The molecule has 1 atom stereocenters. The monoisotopic (exact) mass is 254 g/mol. The van der Waals surface area contributed by atoms with E-state index in [2.05, 4.69) is 20.4 Å². The lowest BCUT2D eigenvalue weighted by molar-refractivity contribution is 0.623. The van der Waals surface area contributed by atoms with Gasteiger partial charge in [-0.15, -0.1) is 10.2 Å². The fourth-order valence-electron chi connectivity index (χ4n) is 2.15. The Bertz CT molecular complexity index is 700. The molecule has 19 heavy (non-hydrogen) atoms. The van der Waals surface area contributed by atoms with Gasteiger partial charge in [-0.3, -0.25) is 4.98 Å². The molecular weight excluding hydrogens is 240 g/mol. The largest absolute Gasteiger partial charge is 0.324 e. The van der Waals surface area contributed by atoms with Crippen LogP contribution in [0.1, 0.15) is 17.4 Å². The van der Waals surface area contributed by atoms with Gasteiger partial charge in [0.1, 0.15) is 0 Å². The molecule has 0 amide bonds. The zero-order valence-electron chi connectivity index (χ0n) is 10.6. The molecule has 0 saturated carbocycles. The van der Waals surface area contributed by atoms with E-state index in [4.69, 9.17) is 5.73 Å². The number of pyridine rings is 1. The smallest absolute Gasteiger partial charge is 0.176 e. The van der Waals surface area contributed by atoms with E-state index >= 15 is 0 Å². The second-order valence-electron chi connectivity index (χ2n) is 4.42. The van der Waals surface area contributed by atoms with Crippen molar-refractivity contribution in [1.82, 2.24) is 25.2 Å². The molecule has 0 radical (unpaired) electrons. The fourth-order valence-corrected chi connectivity index (χ4v) is 2.15. The maximum atomic E-state index is 6.26. The van der Waals surface area contributed by atoms with Crippen LogP contribution in [0.25, 0.3) is 10.9 Å². The van der Waals surface area contributed by atoms with E-state index in [1.165, 1.54) is 4.80 Å². The van der Waals surface area contributed by atoms with Crippen LogP contribution in [0.3, 0.4) is 0 Å². The molecule has 96 valence electrons. The Hall–Kier alpha value is -2.34. The second-order valence-corrected chi connectivity index (χ2v) is 4.42. The SMILES string of the molecule is Cn1nnc(CC(N)c2ccnc3ccccc23)n1. The van der Waals surface area contributed by atoms with E-state index in [9.17, 15) is 0 Å². The average Bonchev–Trinajstić information content (AvgIpc) is 2.83. The predicted molar refractivity (Wildman–Crippen MR) is 71.2 cm³/mol. The van der Waals surface area contributed by atoms with Gasteiger partial charge in [0, 0.05) is 24.0 Å². The highest BCUT2D eigenvalue weighted by Gasteiger charge is 2.13. The van der Waals surface area contributed by atoms with Gasteiger partial charge in [0.2, 0.25) is 0 Å². The highest BCUT2D eigenvalue weighted by Crippen LogP contribution is 2.22. The molecule has 2 heterocycles. The first kappa shape index (κ1) is 11.7. The fraction of sp³-hybridized carbons (Fsp3) is 0.231. The summed E-state index contributed by atoms with van der Waals surface area (Å²) in [5, 5.41) is 13.0. The molecule has 2 N–H and O–H groups in total. The van der Waals surface area contributed by atoms with E-state index in [1.54, 1.807) is 13.2 Å². The van der Waals surface area contributed by atoms with Crippen LogP contribution in [0.4, 0.5) is 0 Å². The van der Waals surface area contributed by atoms with Crippen molar-refractivity contribution in [2.45, 2.75) is 12.5 Å². The number of hydrogen-bond acceptors (Lipinski definition) is 5. The minimum atomic E-state index is -0.169. The number of nitrogens with two attached hydrogens (primary N) is 1. The number of aryl methyl sites for hydroxylation is 1. The van der Waals surface area contributed by atoms with Gasteiger partial charge < -0.3 is 5.73 Å². The maximum absolute atomic E-state index is 6.26. The van der Waals surface area contributed by atoms with Gasteiger partial charge in [0.15, 0.2) is 5.82 Å². The number of rotatable bonds is 3. The van der Waals surface area contributed by atoms with Crippen LogP contribution in [0.2, 0.25) is 0 Å². The van der Waals surface area contributed by atoms with Gasteiger partial charge in [-0.1, -0.05) is 18.2 Å². The Labute approximate surface area is 110 Å². The van der Waals surface area contributed by atoms with Gasteiger partial charge in [-0.25, -0.2) is 0 Å². The first-order chi connectivity index (χ1) is 9.24. The molecule has 0 aliphatic rings. The molecular formula is C13H14N6. The number of benzene rings is 1. The summed E-state index contributed by atoms with van der Waals surface area (Å²) >= 11 is 0. The van der Waals surface area contributed by atoms with E-state index in [0.29, 0.717) is 12.2 Å². The summed E-state index contributed by atoms with van der Waals surface area (Å²) in [6, 6.07) is 9.74. The Balaban J connectivity index is 1.95. The van der Waals surface area contributed by atoms with E-state index in [0.717, 1.165) is 16.5 Å². The lowest BCUT2D eigenvalue weighted by atomic mass is 10.0. The van der Waals surface area contributed by atoms with Gasteiger partial charge in [-0.05, 0) is 22.9 Å². The van der Waals surface area contributed by atoms with E-state index in [1.807, 2.05) is 30.3 Å². The third-order valence-corrected chi connectivity index (χ3v) is 3.03. The van der Waals surface area contributed by atoms with Crippen LogP contribution < -0.4 is 5.73 Å². The topological polar surface area (TPSA) is 82.5 Å². The van der Waals surface area contributed by atoms with Crippen molar-refractivity contribution < 1.29 is 0 Å². The van der Waals surface area contributed by atoms with Gasteiger partial charge in [0.25, 0.3) is 0 Å². The number of tetrazole rings is 1. The molecule has 0 aliphatic heterocycles. The average molecular weight is 254 g/mol. The minimum absolute atomic E-state index is 0.169. The number of fused-ring (bicyclic) bond motifs is 1. The molecule has 1 unspecified atom stereocenters. The Kier molecular flexibility index (Phi) is 2.92. The van der Waals surface area contributed by atoms with Crippen LogP contribution in [0.15, 0.2) is 36.5 Å². The first-order valence-electron chi connectivity index (χ1n) is 6.06. The summed E-state index contributed by atoms with van der Waals surface area (Å²) in [4.78, 5) is 5.77. The summed E-state index contributed by atoms with van der Waals surface area (Å²) in [5.41, 5.74) is 8.26. The number of hydrogen-bond donors (Lipinski definition) is 1. The summed E-state index contributed by atoms with van der Waals surface area (Å²) in [7, 11) is 1.74. The van der Waals surface area contributed by atoms with Crippen LogP contribution in [0, 0.1) is 0 Å². The normalized spacial score (nSPS) is 12.7. The number of para-hydroxylation sites is 1. The molecule has 0 bridgehead atoms. The van der Waals surface area contributed by atoms with Crippen molar-refractivity contribution in [1.29, 1.82) is 0 Å². The van der Waals surface area contributed by atoms with E-state index in [-0.39, 0.29) is 6.04 Å². The highest BCUT2D eigenvalue weighted by atomic mass is 15.6. The first-order valence-corrected chi connectivity index (χ1v) is 6.06. The molecule has 1 aromatic carbocycles. The Morgan fingerprint density at radius 1 is 1.26 bits per heavy atom. The lowest BCUT2D eigenvalue weighted by Gasteiger charge is -2.12. The summed E-state index contributed by atoms with van der Waals surface area (Å²) in [5.74, 6) is 0.649. The van der Waals surface area contributed by atoms with Crippen molar-refractivity contribution in [2.75, 3.05) is 0 Å². The van der Waals surface area contributed by atoms with Crippen molar-refractivity contribution in [3.63, 3.8) is 0 Å². The predicted octanol–water partition coefficient (Wildman–Crippen LogP) is 1.00. The molecule has 0 fully saturated rings. The summed E-state index contributed by atoms with van der Waals surface area (Å²) in [6.07, 6.45) is 2.34. The molecule has 0 saturated heterocycles. The zero-order chi connectivity index (χ0) is 13.2. The van der Waals surface area contributed by atoms with Crippen LogP contribution in [-0.2, 0) is 13.5 Å². The maximum Gasteiger partial charge on any atom is 0.176 e. The van der Waals surface area contributed by atoms with Gasteiger partial charge >= 0.3 is 0 Å². The van der Waals surface area contributed by atoms with Gasteiger partial charge in [0.05, 0.1) is 12.6 Å². The third kappa shape index (κ3) is 2.30. The molecule has 6 heteroatoms. The van der Waals surface area contributed by atoms with Crippen LogP contribution in [-0.4, -0.2) is 25.2 Å². The van der Waals surface area contributed by atoms with Crippen molar-refractivity contribution in [3.8, 4) is 0 Å². The van der Waals surface area contributed by atoms with Crippen LogP contribution in [0.5, 0.6) is 0 Å². The van der Waals surface area contributed by atoms with Crippen LogP contribution >= 0.6 is 0 Å². The van der Waals surface area contributed by atoms with Crippen molar-refractivity contribution in [2.24, 2.45) is 12.8 Å². The van der Waals surface area contributed by atoms with Crippen molar-refractivity contribution in [3.05, 3.63) is 47.9 Å². The second kappa shape index (κ2) is 4.74. The van der Waals surface area contributed by atoms with E-state index < -0.39 is 0 Å². The Morgan fingerprint density at radius 2 is 2.11 bits per heavy atom.